The van der Waals surface area contributed by atoms with Crippen LogP contribution in [0.3, 0.4) is 0 Å². The van der Waals surface area contributed by atoms with Crippen molar-refractivity contribution in [3.8, 4) is 0 Å². The van der Waals surface area contributed by atoms with Gasteiger partial charge in [-0.2, -0.15) is 0 Å². The Morgan fingerprint density at radius 3 is 2.44 bits per heavy atom. The lowest BCUT2D eigenvalue weighted by molar-refractivity contribution is -0.120. The molecule has 0 aromatic carbocycles. The number of nitrogens with one attached hydrogen (secondary N) is 1. The number of rotatable bonds is 4. The Balaban J connectivity index is 2.48. The highest BCUT2D eigenvalue weighted by Gasteiger charge is 2.30. The lowest BCUT2D eigenvalue weighted by atomic mass is 10.1. The first-order chi connectivity index (χ1) is 7.24. The largest absolute Gasteiger partial charge is 0.307 e. The van der Waals surface area contributed by atoms with E-state index in [0.717, 1.165) is 19.4 Å². The Kier molecular flexibility index (Phi) is 4.12. The summed E-state index contributed by atoms with van der Waals surface area (Å²) in [6.45, 7) is 5.87. The zero-order valence-electron chi connectivity index (χ0n) is 10.2. The number of hydrogen-bond donors (Lipinski definition) is 1. The molecule has 1 atom stereocenters. The maximum absolute atomic E-state index is 11.8. The van der Waals surface area contributed by atoms with Crippen LogP contribution in [0.1, 0.15) is 40.0 Å². The molecule has 0 aliphatic carbocycles. The van der Waals surface area contributed by atoms with Crippen LogP contribution in [0.4, 0.5) is 0 Å². The molecule has 4 nitrogen and oxygen atoms in total. The van der Waals surface area contributed by atoms with E-state index in [9.17, 15) is 13.2 Å². The molecule has 1 saturated heterocycles. The van der Waals surface area contributed by atoms with Crippen molar-refractivity contribution in [3.63, 3.8) is 0 Å². The zero-order chi connectivity index (χ0) is 12.4. The number of hydrogen-bond acceptors (Lipinski definition) is 4. The standard InChI is InChI=1S/C11H21NO3S/c1-11(2,3)16(14,15)8-6-10(13)9-5-4-7-12-9/h9,12H,4-8H2,1-3H3. The summed E-state index contributed by atoms with van der Waals surface area (Å²) in [5.41, 5.74) is 0. The van der Waals surface area contributed by atoms with Crippen LogP contribution < -0.4 is 5.32 Å². The molecular formula is C11H21NO3S. The van der Waals surface area contributed by atoms with E-state index in [0.29, 0.717) is 0 Å². The van der Waals surface area contributed by atoms with Crippen LogP contribution in [-0.4, -0.2) is 37.3 Å². The Bertz CT molecular complexity index is 348. The molecule has 5 heteroatoms. The maximum atomic E-state index is 11.8. The topological polar surface area (TPSA) is 63.2 Å². The van der Waals surface area contributed by atoms with Crippen LogP contribution in [0.25, 0.3) is 0 Å². The highest BCUT2D eigenvalue weighted by Crippen LogP contribution is 2.17. The number of sulfone groups is 1. The smallest absolute Gasteiger partial charge is 0.155 e. The first-order valence-electron chi connectivity index (χ1n) is 5.72. The predicted molar refractivity (Wildman–Crippen MR) is 64.2 cm³/mol. The quantitative estimate of drug-likeness (QED) is 0.802. The molecule has 1 rings (SSSR count). The van der Waals surface area contributed by atoms with Gasteiger partial charge in [0.1, 0.15) is 0 Å². The molecule has 1 N–H and O–H groups in total. The minimum Gasteiger partial charge on any atom is -0.307 e. The summed E-state index contributed by atoms with van der Waals surface area (Å²) in [6.07, 6.45) is 1.98. The maximum Gasteiger partial charge on any atom is 0.155 e. The molecule has 0 aromatic rings. The summed E-state index contributed by atoms with van der Waals surface area (Å²) >= 11 is 0. The Hall–Kier alpha value is -0.420. The SMILES string of the molecule is CC(C)(C)S(=O)(=O)CCC(=O)C1CCCN1. The second-order valence-corrected chi connectivity index (χ2v) is 8.16. The van der Waals surface area contributed by atoms with E-state index >= 15 is 0 Å². The molecule has 1 heterocycles. The molecule has 1 fully saturated rings. The van der Waals surface area contributed by atoms with Gasteiger partial charge in [0.05, 0.1) is 16.5 Å². The van der Waals surface area contributed by atoms with Crippen LogP contribution in [0.5, 0.6) is 0 Å². The number of carbonyl (C=O) groups is 1. The molecule has 0 amide bonds. The summed E-state index contributed by atoms with van der Waals surface area (Å²) in [7, 11) is -3.17. The zero-order valence-corrected chi connectivity index (χ0v) is 11.1. The molecule has 94 valence electrons. The van der Waals surface area contributed by atoms with Gasteiger partial charge in [0, 0.05) is 6.42 Å². The first kappa shape index (κ1) is 13.6. The van der Waals surface area contributed by atoms with E-state index in [4.69, 9.17) is 0 Å². The Labute approximate surface area is 97.7 Å². The van der Waals surface area contributed by atoms with Gasteiger partial charge in [-0.3, -0.25) is 4.79 Å². The summed E-state index contributed by atoms with van der Waals surface area (Å²) in [5, 5.41) is 3.09. The fraction of sp³-hybridized carbons (Fsp3) is 0.909. The van der Waals surface area contributed by atoms with Gasteiger partial charge in [0.2, 0.25) is 0 Å². The molecule has 16 heavy (non-hydrogen) atoms. The van der Waals surface area contributed by atoms with Crippen LogP contribution in [0.15, 0.2) is 0 Å². The van der Waals surface area contributed by atoms with Gasteiger partial charge in [-0.25, -0.2) is 8.42 Å². The molecule has 0 spiro atoms. The van der Waals surface area contributed by atoms with Gasteiger partial charge in [-0.1, -0.05) is 0 Å². The van der Waals surface area contributed by atoms with Crippen molar-refractivity contribution in [1.29, 1.82) is 0 Å². The molecule has 1 aliphatic heterocycles. The van der Waals surface area contributed by atoms with E-state index < -0.39 is 14.6 Å². The van der Waals surface area contributed by atoms with E-state index in [-0.39, 0.29) is 24.0 Å². The van der Waals surface area contributed by atoms with Crippen molar-refractivity contribution in [2.24, 2.45) is 0 Å². The molecule has 1 aliphatic rings. The molecular weight excluding hydrogens is 226 g/mol. The summed E-state index contributed by atoms with van der Waals surface area (Å²) in [5.74, 6) is -0.00150. The molecule has 0 radical (unpaired) electrons. The number of Topliss-reactive ketones (excluding diaryl/α,β-unsaturated/α-hetero) is 1. The molecule has 0 saturated carbocycles. The van der Waals surface area contributed by atoms with Gasteiger partial charge in [0.15, 0.2) is 15.6 Å². The lowest BCUT2D eigenvalue weighted by Crippen LogP contribution is -2.35. The second-order valence-electron chi connectivity index (χ2n) is 5.30. The van der Waals surface area contributed by atoms with Gasteiger partial charge < -0.3 is 5.32 Å². The van der Waals surface area contributed by atoms with E-state index in [1.807, 2.05) is 0 Å². The summed E-state index contributed by atoms with van der Waals surface area (Å²) in [4.78, 5) is 11.7. The van der Waals surface area contributed by atoms with Crippen molar-refractivity contribution in [2.45, 2.75) is 50.8 Å². The van der Waals surface area contributed by atoms with Gasteiger partial charge in [-0.05, 0) is 40.2 Å². The average molecular weight is 247 g/mol. The van der Waals surface area contributed by atoms with E-state index in [2.05, 4.69) is 5.32 Å². The Morgan fingerprint density at radius 2 is 2.00 bits per heavy atom. The number of carbonyl (C=O) groups excluding carboxylic acids is 1. The fourth-order valence-corrected chi connectivity index (χ4v) is 2.76. The average Bonchev–Trinajstić information content (AvgIpc) is 2.65. The lowest BCUT2D eigenvalue weighted by Gasteiger charge is -2.19. The first-order valence-corrected chi connectivity index (χ1v) is 7.38. The van der Waals surface area contributed by atoms with Crippen molar-refractivity contribution in [3.05, 3.63) is 0 Å². The predicted octanol–water partition coefficient (Wildman–Crippen LogP) is 0.911. The van der Waals surface area contributed by atoms with Crippen molar-refractivity contribution in [2.75, 3.05) is 12.3 Å². The van der Waals surface area contributed by atoms with Gasteiger partial charge >= 0.3 is 0 Å². The molecule has 0 bridgehead atoms. The van der Waals surface area contributed by atoms with E-state index in [1.54, 1.807) is 20.8 Å². The third-order valence-electron chi connectivity index (χ3n) is 3.00. The monoisotopic (exact) mass is 247 g/mol. The third kappa shape index (κ3) is 3.28. The van der Waals surface area contributed by atoms with Crippen LogP contribution >= 0.6 is 0 Å². The summed E-state index contributed by atoms with van der Waals surface area (Å²) < 4.78 is 22.8. The van der Waals surface area contributed by atoms with E-state index in [1.165, 1.54) is 0 Å². The molecule has 1 unspecified atom stereocenters. The van der Waals surface area contributed by atoms with Crippen LogP contribution in [0.2, 0.25) is 0 Å². The van der Waals surface area contributed by atoms with Crippen LogP contribution in [-0.2, 0) is 14.6 Å². The van der Waals surface area contributed by atoms with Crippen molar-refractivity contribution in [1.82, 2.24) is 5.32 Å². The Morgan fingerprint density at radius 1 is 1.38 bits per heavy atom. The highest BCUT2D eigenvalue weighted by molar-refractivity contribution is 7.92. The van der Waals surface area contributed by atoms with Gasteiger partial charge in [0.25, 0.3) is 0 Å². The van der Waals surface area contributed by atoms with Gasteiger partial charge in [-0.15, -0.1) is 0 Å². The minimum atomic E-state index is -3.17. The number of ketones is 1. The second kappa shape index (κ2) is 4.84. The summed E-state index contributed by atoms with van der Waals surface area (Å²) in [6, 6.07) is -0.116. The fourth-order valence-electron chi connectivity index (χ4n) is 1.67. The molecule has 0 aromatic heterocycles. The van der Waals surface area contributed by atoms with Crippen molar-refractivity contribution >= 4 is 15.6 Å². The minimum absolute atomic E-state index is 0.0327. The van der Waals surface area contributed by atoms with Crippen molar-refractivity contribution < 1.29 is 13.2 Å². The van der Waals surface area contributed by atoms with Crippen LogP contribution in [0, 0.1) is 0 Å². The highest BCUT2D eigenvalue weighted by atomic mass is 32.2. The normalized spacial score (nSPS) is 22.3. The third-order valence-corrected chi connectivity index (χ3v) is 5.61.